The van der Waals surface area contributed by atoms with E-state index in [0.29, 0.717) is 19.0 Å². The average molecular weight is 200 g/mol. The highest BCUT2D eigenvalue weighted by Gasteiger charge is 2.31. The van der Waals surface area contributed by atoms with Crippen molar-refractivity contribution in [3.63, 3.8) is 0 Å². The molecule has 0 heterocycles. The number of aliphatic hydroxyl groups is 1. The molecule has 0 radical (unpaired) electrons. The van der Waals surface area contributed by atoms with Gasteiger partial charge in [0.2, 0.25) is 5.91 Å². The molecule has 1 aliphatic carbocycles. The van der Waals surface area contributed by atoms with Crippen molar-refractivity contribution >= 4 is 5.91 Å². The molecule has 4 nitrogen and oxygen atoms in total. The number of nitrogens with two attached hydrogens (primary N) is 1. The third kappa shape index (κ3) is 2.96. The first-order chi connectivity index (χ1) is 6.65. The minimum Gasteiger partial charge on any atom is -0.392 e. The van der Waals surface area contributed by atoms with Crippen LogP contribution in [0.2, 0.25) is 0 Å². The summed E-state index contributed by atoms with van der Waals surface area (Å²) in [7, 11) is 0. The monoisotopic (exact) mass is 200 g/mol. The van der Waals surface area contributed by atoms with Crippen molar-refractivity contribution in [2.45, 2.75) is 32.3 Å². The predicted octanol–water partition coefficient (Wildman–Crippen LogP) is -0.142. The van der Waals surface area contributed by atoms with E-state index >= 15 is 0 Å². The van der Waals surface area contributed by atoms with E-state index in [1.807, 2.05) is 0 Å². The second kappa shape index (κ2) is 5.32. The van der Waals surface area contributed by atoms with Crippen molar-refractivity contribution in [1.82, 2.24) is 5.32 Å². The summed E-state index contributed by atoms with van der Waals surface area (Å²) in [5.74, 6) is 0.460. The van der Waals surface area contributed by atoms with Gasteiger partial charge in [0.25, 0.3) is 0 Å². The Balaban J connectivity index is 2.35. The van der Waals surface area contributed by atoms with Crippen molar-refractivity contribution < 1.29 is 9.90 Å². The Labute approximate surface area is 84.9 Å². The van der Waals surface area contributed by atoms with Gasteiger partial charge in [-0.25, -0.2) is 0 Å². The third-order valence-electron chi connectivity index (χ3n) is 2.87. The zero-order valence-corrected chi connectivity index (χ0v) is 8.70. The first kappa shape index (κ1) is 11.5. The van der Waals surface area contributed by atoms with Crippen LogP contribution in [-0.4, -0.2) is 30.2 Å². The molecule has 1 aliphatic rings. The molecule has 1 rings (SSSR count). The summed E-state index contributed by atoms with van der Waals surface area (Å²) in [6.07, 6.45) is 2.61. The van der Waals surface area contributed by atoms with Gasteiger partial charge in [0.15, 0.2) is 0 Å². The van der Waals surface area contributed by atoms with Gasteiger partial charge in [-0.3, -0.25) is 4.79 Å². The average Bonchev–Trinajstić information content (AvgIpc) is 2.61. The van der Waals surface area contributed by atoms with Gasteiger partial charge >= 0.3 is 0 Å². The van der Waals surface area contributed by atoms with Crippen molar-refractivity contribution in [3.8, 4) is 0 Å². The lowest BCUT2D eigenvalue weighted by molar-refractivity contribution is -0.126. The normalized spacial score (nSPS) is 28.8. The van der Waals surface area contributed by atoms with Crippen LogP contribution in [0.1, 0.15) is 26.2 Å². The molecule has 82 valence electrons. The number of amides is 1. The zero-order valence-electron chi connectivity index (χ0n) is 8.70. The molecule has 1 amide bonds. The fraction of sp³-hybridized carbons (Fsp3) is 0.900. The number of carbonyl (C=O) groups is 1. The fourth-order valence-electron chi connectivity index (χ4n) is 2.04. The molecule has 14 heavy (non-hydrogen) atoms. The molecule has 0 bridgehead atoms. The molecule has 0 saturated heterocycles. The van der Waals surface area contributed by atoms with Gasteiger partial charge in [0.1, 0.15) is 0 Å². The maximum absolute atomic E-state index is 11.6. The molecular formula is C10H20N2O2. The van der Waals surface area contributed by atoms with E-state index in [4.69, 9.17) is 10.8 Å². The number of nitrogens with one attached hydrogen (secondary N) is 1. The van der Waals surface area contributed by atoms with E-state index in [0.717, 1.165) is 19.3 Å². The molecule has 1 fully saturated rings. The Hall–Kier alpha value is -0.610. The van der Waals surface area contributed by atoms with Crippen molar-refractivity contribution in [3.05, 3.63) is 0 Å². The first-order valence-corrected chi connectivity index (χ1v) is 5.31. The Bertz CT molecular complexity index is 195. The van der Waals surface area contributed by atoms with Crippen LogP contribution in [0, 0.1) is 11.8 Å². The topological polar surface area (TPSA) is 75.3 Å². The molecule has 0 aromatic heterocycles. The minimum atomic E-state index is -0.475. The molecule has 0 spiro atoms. The third-order valence-corrected chi connectivity index (χ3v) is 2.87. The Morgan fingerprint density at radius 2 is 2.36 bits per heavy atom. The van der Waals surface area contributed by atoms with Gasteiger partial charge in [0.05, 0.1) is 6.10 Å². The molecule has 1 saturated carbocycles. The van der Waals surface area contributed by atoms with Gasteiger partial charge < -0.3 is 16.2 Å². The Morgan fingerprint density at radius 1 is 1.64 bits per heavy atom. The largest absolute Gasteiger partial charge is 0.392 e. The quantitative estimate of drug-likeness (QED) is 0.591. The summed E-state index contributed by atoms with van der Waals surface area (Å²) >= 11 is 0. The van der Waals surface area contributed by atoms with Crippen LogP contribution in [-0.2, 0) is 4.79 Å². The van der Waals surface area contributed by atoms with E-state index in [2.05, 4.69) is 5.32 Å². The van der Waals surface area contributed by atoms with Crippen molar-refractivity contribution in [2.24, 2.45) is 17.6 Å². The van der Waals surface area contributed by atoms with Crippen LogP contribution in [0.15, 0.2) is 0 Å². The van der Waals surface area contributed by atoms with Crippen LogP contribution < -0.4 is 11.1 Å². The second-order valence-electron chi connectivity index (χ2n) is 4.13. The standard InChI is InChI=1S/C10H20N2O2/c1-7(13)6-12-10(14)9-4-2-3-8(9)5-11/h7-9,13H,2-6,11H2,1H3,(H,12,14)/t7-,8?,9?/m1/s1. The molecular weight excluding hydrogens is 180 g/mol. The number of rotatable bonds is 4. The summed E-state index contributed by atoms with van der Waals surface area (Å²) in [4.78, 5) is 11.6. The lowest BCUT2D eigenvalue weighted by Gasteiger charge is -2.17. The van der Waals surface area contributed by atoms with Crippen LogP contribution in [0.3, 0.4) is 0 Å². The van der Waals surface area contributed by atoms with E-state index in [1.165, 1.54) is 0 Å². The maximum atomic E-state index is 11.6. The number of hydrogen-bond donors (Lipinski definition) is 3. The lowest BCUT2D eigenvalue weighted by atomic mass is 9.95. The van der Waals surface area contributed by atoms with Crippen molar-refractivity contribution in [2.75, 3.05) is 13.1 Å². The Kier molecular flexibility index (Phi) is 4.35. The predicted molar refractivity (Wildman–Crippen MR) is 54.6 cm³/mol. The first-order valence-electron chi connectivity index (χ1n) is 5.31. The summed E-state index contributed by atoms with van der Waals surface area (Å²) in [5.41, 5.74) is 5.59. The highest BCUT2D eigenvalue weighted by atomic mass is 16.3. The molecule has 4 N–H and O–H groups in total. The second-order valence-corrected chi connectivity index (χ2v) is 4.13. The van der Waals surface area contributed by atoms with E-state index < -0.39 is 6.10 Å². The summed E-state index contributed by atoms with van der Waals surface area (Å²) < 4.78 is 0. The van der Waals surface area contributed by atoms with Gasteiger partial charge in [-0.05, 0) is 32.2 Å². The summed E-state index contributed by atoms with van der Waals surface area (Å²) in [6.45, 7) is 2.59. The van der Waals surface area contributed by atoms with E-state index in [9.17, 15) is 4.79 Å². The fourth-order valence-corrected chi connectivity index (χ4v) is 2.04. The van der Waals surface area contributed by atoms with Crippen LogP contribution in [0.4, 0.5) is 0 Å². The van der Waals surface area contributed by atoms with Gasteiger partial charge in [-0.1, -0.05) is 6.42 Å². The van der Waals surface area contributed by atoms with Crippen LogP contribution in [0.25, 0.3) is 0 Å². The number of aliphatic hydroxyl groups excluding tert-OH is 1. The highest BCUT2D eigenvalue weighted by molar-refractivity contribution is 5.79. The minimum absolute atomic E-state index is 0.0545. The summed E-state index contributed by atoms with van der Waals surface area (Å²) in [5, 5.41) is 11.8. The molecule has 4 heteroatoms. The van der Waals surface area contributed by atoms with Gasteiger partial charge in [0, 0.05) is 12.5 Å². The molecule has 0 aromatic rings. The molecule has 0 aromatic carbocycles. The Morgan fingerprint density at radius 3 is 2.93 bits per heavy atom. The summed E-state index contributed by atoms with van der Waals surface area (Å²) in [6, 6.07) is 0. The van der Waals surface area contributed by atoms with Crippen LogP contribution in [0.5, 0.6) is 0 Å². The highest BCUT2D eigenvalue weighted by Crippen LogP contribution is 2.30. The SMILES string of the molecule is C[C@@H](O)CNC(=O)C1CCCC1CN. The zero-order chi connectivity index (χ0) is 10.6. The molecule has 0 aliphatic heterocycles. The lowest BCUT2D eigenvalue weighted by Crippen LogP contribution is -2.38. The van der Waals surface area contributed by atoms with Gasteiger partial charge in [-0.15, -0.1) is 0 Å². The van der Waals surface area contributed by atoms with E-state index in [-0.39, 0.29) is 11.8 Å². The molecule has 3 atom stereocenters. The van der Waals surface area contributed by atoms with Gasteiger partial charge in [-0.2, -0.15) is 0 Å². The van der Waals surface area contributed by atoms with E-state index in [1.54, 1.807) is 6.92 Å². The van der Waals surface area contributed by atoms with Crippen molar-refractivity contribution in [1.29, 1.82) is 0 Å². The number of hydrogen-bond acceptors (Lipinski definition) is 3. The maximum Gasteiger partial charge on any atom is 0.223 e. The molecule has 2 unspecified atom stereocenters. The van der Waals surface area contributed by atoms with Crippen LogP contribution >= 0.6 is 0 Å². The number of carbonyl (C=O) groups excluding carboxylic acids is 1. The smallest absolute Gasteiger partial charge is 0.223 e.